The number of ether oxygens (including phenoxy) is 2. The summed E-state index contributed by atoms with van der Waals surface area (Å²) < 4.78 is 10.4. The molecule has 1 heterocycles. The first kappa shape index (κ1) is 18.5. The monoisotopic (exact) mass is 363 g/mol. The number of benzene rings is 2. The summed E-state index contributed by atoms with van der Waals surface area (Å²) in [6.07, 6.45) is 1.71. The summed E-state index contributed by atoms with van der Waals surface area (Å²) in [5.74, 6) is -0.0693. The van der Waals surface area contributed by atoms with E-state index < -0.39 is 5.97 Å². The molecular formula is C22H21NO4. The largest absolute Gasteiger partial charge is 0.494 e. The van der Waals surface area contributed by atoms with E-state index in [0.29, 0.717) is 23.6 Å². The highest BCUT2D eigenvalue weighted by Gasteiger charge is 2.37. The second-order valence-electron chi connectivity index (χ2n) is 5.99. The standard InChI is InChI=1S/C22H21NO4/c1-4-27-18-12-10-17(11-13-18)23-15(2)20(22(25)26-3)19(21(23)24)14-16-8-6-5-7-9-16/h5-14H,4H2,1-3H3/b19-14-. The van der Waals surface area contributed by atoms with Crippen LogP contribution in [0.5, 0.6) is 5.75 Å². The van der Waals surface area contributed by atoms with E-state index in [1.54, 1.807) is 37.3 Å². The fraction of sp³-hybridized carbons (Fsp3) is 0.182. The molecule has 5 nitrogen and oxygen atoms in total. The van der Waals surface area contributed by atoms with E-state index in [1.165, 1.54) is 12.0 Å². The van der Waals surface area contributed by atoms with Crippen LogP contribution in [0.1, 0.15) is 19.4 Å². The number of methoxy groups -OCH3 is 1. The van der Waals surface area contributed by atoms with Gasteiger partial charge < -0.3 is 9.47 Å². The predicted octanol–water partition coefficient (Wildman–Crippen LogP) is 3.96. The summed E-state index contributed by atoms with van der Waals surface area (Å²) >= 11 is 0. The van der Waals surface area contributed by atoms with Gasteiger partial charge in [-0.1, -0.05) is 30.3 Å². The maximum atomic E-state index is 13.1. The normalized spacial score (nSPS) is 15.4. The van der Waals surface area contributed by atoms with Gasteiger partial charge in [-0.15, -0.1) is 0 Å². The van der Waals surface area contributed by atoms with Crippen molar-refractivity contribution in [3.8, 4) is 5.75 Å². The highest BCUT2D eigenvalue weighted by molar-refractivity contribution is 6.23. The van der Waals surface area contributed by atoms with Gasteiger partial charge in [-0.3, -0.25) is 9.69 Å². The van der Waals surface area contributed by atoms with Gasteiger partial charge in [0, 0.05) is 11.4 Å². The van der Waals surface area contributed by atoms with Gasteiger partial charge in [-0.2, -0.15) is 0 Å². The van der Waals surface area contributed by atoms with Gasteiger partial charge in [-0.05, 0) is 49.8 Å². The van der Waals surface area contributed by atoms with Crippen molar-refractivity contribution in [1.29, 1.82) is 0 Å². The molecule has 2 aromatic carbocycles. The van der Waals surface area contributed by atoms with Crippen molar-refractivity contribution in [1.82, 2.24) is 0 Å². The number of esters is 1. The van der Waals surface area contributed by atoms with E-state index in [0.717, 1.165) is 11.3 Å². The molecule has 0 saturated carbocycles. The highest BCUT2D eigenvalue weighted by Crippen LogP contribution is 2.36. The van der Waals surface area contributed by atoms with Crippen molar-refractivity contribution in [2.45, 2.75) is 13.8 Å². The zero-order valence-electron chi connectivity index (χ0n) is 15.6. The number of amides is 1. The smallest absolute Gasteiger partial charge is 0.340 e. The molecule has 0 spiro atoms. The van der Waals surface area contributed by atoms with Crippen LogP contribution in [0.4, 0.5) is 5.69 Å². The van der Waals surface area contributed by atoms with Crippen molar-refractivity contribution in [2.24, 2.45) is 0 Å². The second-order valence-corrected chi connectivity index (χ2v) is 5.99. The molecule has 0 N–H and O–H groups in total. The Kier molecular flexibility index (Phi) is 5.41. The molecular weight excluding hydrogens is 342 g/mol. The molecule has 0 atom stereocenters. The van der Waals surface area contributed by atoms with Crippen LogP contribution < -0.4 is 9.64 Å². The van der Waals surface area contributed by atoms with Gasteiger partial charge in [0.05, 0.1) is 24.9 Å². The van der Waals surface area contributed by atoms with Gasteiger partial charge in [0.2, 0.25) is 0 Å². The van der Waals surface area contributed by atoms with Crippen LogP contribution in [-0.2, 0) is 14.3 Å². The minimum atomic E-state index is -0.531. The van der Waals surface area contributed by atoms with Crippen LogP contribution in [0.2, 0.25) is 0 Å². The van der Waals surface area contributed by atoms with Crippen molar-refractivity contribution in [2.75, 3.05) is 18.6 Å². The molecule has 0 radical (unpaired) electrons. The summed E-state index contributed by atoms with van der Waals surface area (Å²) in [6, 6.07) is 16.6. The molecule has 0 fully saturated rings. The number of nitrogens with zero attached hydrogens (tertiary/aromatic N) is 1. The van der Waals surface area contributed by atoms with Crippen LogP contribution in [-0.4, -0.2) is 25.6 Å². The molecule has 0 aromatic heterocycles. The Morgan fingerprint density at radius 2 is 1.74 bits per heavy atom. The number of hydrogen-bond acceptors (Lipinski definition) is 4. The molecule has 0 aliphatic carbocycles. The first-order valence-electron chi connectivity index (χ1n) is 8.70. The molecule has 1 amide bonds. The molecule has 27 heavy (non-hydrogen) atoms. The maximum absolute atomic E-state index is 13.1. The molecule has 0 unspecified atom stereocenters. The summed E-state index contributed by atoms with van der Waals surface area (Å²) in [4.78, 5) is 27.0. The van der Waals surface area contributed by atoms with Gasteiger partial charge in [-0.25, -0.2) is 4.79 Å². The Bertz CT molecular complexity index is 911. The number of rotatable bonds is 5. The number of carbonyl (C=O) groups is 2. The number of allylic oxidation sites excluding steroid dienone is 1. The van der Waals surface area contributed by atoms with Crippen LogP contribution in [0.15, 0.2) is 71.4 Å². The number of anilines is 1. The van der Waals surface area contributed by atoms with Crippen molar-refractivity contribution in [3.63, 3.8) is 0 Å². The Hall–Kier alpha value is -3.34. The molecule has 2 aromatic rings. The summed E-state index contributed by atoms with van der Waals surface area (Å²) in [5.41, 5.74) is 2.64. The lowest BCUT2D eigenvalue weighted by Crippen LogP contribution is -2.24. The quantitative estimate of drug-likeness (QED) is 0.596. The zero-order valence-corrected chi connectivity index (χ0v) is 15.6. The maximum Gasteiger partial charge on any atom is 0.340 e. The average molecular weight is 363 g/mol. The fourth-order valence-corrected chi connectivity index (χ4v) is 3.06. The Morgan fingerprint density at radius 3 is 2.33 bits per heavy atom. The number of carbonyl (C=O) groups excluding carboxylic acids is 2. The van der Waals surface area contributed by atoms with E-state index >= 15 is 0 Å². The van der Waals surface area contributed by atoms with Gasteiger partial charge in [0.25, 0.3) is 5.91 Å². The summed E-state index contributed by atoms with van der Waals surface area (Å²) in [5, 5.41) is 0. The lowest BCUT2D eigenvalue weighted by Gasteiger charge is -2.18. The minimum absolute atomic E-state index is 0.263. The fourth-order valence-electron chi connectivity index (χ4n) is 3.06. The summed E-state index contributed by atoms with van der Waals surface area (Å²) in [7, 11) is 1.31. The third kappa shape index (κ3) is 3.62. The lowest BCUT2D eigenvalue weighted by molar-refractivity contribution is -0.136. The van der Waals surface area contributed by atoms with Gasteiger partial charge in [0.15, 0.2) is 0 Å². The van der Waals surface area contributed by atoms with Crippen molar-refractivity contribution < 1.29 is 19.1 Å². The molecule has 0 bridgehead atoms. The second kappa shape index (κ2) is 7.91. The zero-order chi connectivity index (χ0) is 19.4. The molecule has 0 saturated heterocycles. The molecule has 138 valence electrons. The van der Waals surface area contributed by atoms with Crippen molar-refractivity contribution in [3.05, 3.63) is 77.0 Å². The first-order chi connectivity index (χ1) is 13.1. The van der Waals surface area contributed by atoms with Crippen molar-refractivity contribution >= 4 is 23.6 Å². The third-order valence-corrected chi connectivity index (χ3v) is 4.31. The van der Waals surface area contributed by atoms with E-state index in [1.807, 2.05) is 37.3 Å². The predicted molar refractivity (Wildman–Crippen MR) is 104 cm³/mol. The van der Waals surface area contributed by atoms with E-state index in [-0.39, 0.29) is 11.5 Å². The van der Waals surface area contributed by atoms with Crippen LogP contribution in [0.3, 0.4) is 0 Å². The third-order valence-electron chi connectivity index (χ3n) is 4.31. The van der Waals surface area contributed by atoms with E-state index in [9.17, 15) is 9.59 Å². The molecule has 1 aliphatic heterocycles. The first-order valence-corrected chi connectivity index (χ1v) is 8.70. The molecule has 3 rings (SSSR count). The Labute approximate surface area is 158 Å². The van der Waals surface area contributed by atoms with Crippen LogP contribution in [0, 0.1) is 0 Å². The molecule has 1 aliphatic rings. The van der Waals surface area contributed by atoms with Crippen LogP contribution in [0.25, 0.3) is 6.08 Å². The van der Waals surface area contributed by atoms with Gasteiger partial charge >= 0.3 is 5.97 Å². The van der Waals surface area contributed by atoms with Crippen LogP contribution >= 0.6 is 0 Å². The minimum Gasteiger partial charge on any atom is -0.494 e. The summed E-state index contributed by atoms with van der Waals surface area (Å²) in [6.45, 7) is 4.22. The highest BCUT2D eigenvalue weighted by atomic mass is 16.5. The Balaban J connectivity index is 2.06. The topological polar surface area (TPSA) is 55.8 Å². The lowest BCUT2D eigenvalue weighted by atomic mass is 10.0. The van der Waals surface area contributed by atoms with E-state index in [4.69, 9.17) is 9.47 Å². The number of hydrogen-bond donors (Lipinski definition) is 0. The van der Waals surface area contributed by atoms with Gasteiger partial charge in [0.1, 0.15) is 5.75 Å². The SMILES string of the molecule is CCOc1ccc(N2C(=O)/C(=C\c3ccccc3)C(C(=O)OC)=C2C)cc1. The van der Waals surface area contributed by atoms with E-state index in [2.05, 4.69) is 0 Å². The average Bonchev–Trinajstić information content (AvgIpc) is 2.93. The molecule has 5 heteroatoms. The Morgan fingerprint density at radius 1 is 1.07 bits per heavy atom.